The number of nitrogens with one attached hydrogen (secondary N) is 1. The van der Waals surface area contributed by atoms with E-state index in [1.54, 1.807) is 25.3 Å². The molecule has 4 nitrogen and oxygen atoms in total. The van der Waals surface area contributed by atoms with Crippen LogP contribution in [0.15, 0.2) is 88.1 Å². The molecule has 5 rings (SSSR count). The topological polar surface area (TPSA) is 59.3 Å². The van der Waals surface area contributed by atoms with Crippen LogP contribution in [0.4, 0.5) is 0 Å². The van der Waals surface area contributed by atoms with Gasteiger partial charge in [0.25, 0.3) is 5.91 Å². The number of benzene rings is 3. The van der Waals surface area contributed by atoms with E-state index >= 15 is 0 Å². The molecule has 1 atom stereocenters. The van der Waals surface area contributed by atoms with Gasteiger partial charge in [-0.25, -0.2) is 0 Å². The van der Waals surface area contributed by atoms with Crippen LogP contribution in [0.5, 0.6) is 0 Å². The second kappa shape index (κ2) is 7.16. The Morgan fingerprint density at radius 2 is 1.60 bits per heavy atom. The summed E-state index contributed by atoms with van der Waals surface area (Å²) >= 11 is 0. The molecule has 0 fully saturated rings. The SMILES string of the molecule is CNC(=O)C1=Cc2c(oc3ccccc3c2=O)C(c2ccccc2)c2ccccc21. The maximum absolute atomic E-state index is 13.5. The van der Waals surface area contributed by atoms with E-state index in [-0.39, 0.29) is 17.3 Å². The number of carbonyl (C=O) groups excluding carboxylic acids is 1. The molecule has 1 unspecified atom stereocenters. The first-order valence-electron chi connectivity index (χ1n) is 9.83. The second-order valence-corrected chi connectivity index (χ2v) is 7.27. The van der Waals surface area contributed by atoms with Crippen molar-refractivity contribution in [2.24, 2.45) is 0 Å². The van der Waals surface area contributed by atoms with Crippen molar-refractivity contribution >= 4 is 28.5 Å². The maximum atomic E-state index is 13.5. The number of fused-ring (bicyclic) bond motifs is 3. The fourth-order valence-corrected chi connectivity index (χ4v) is 4.18. The molecule has 146 valence electrons. The molecule has 3 aromatic carbocycles. The first-order valence-corrected chi connectivity index (χ1v) is 9.83. The third-order valence-electron chi connectivity index (χ3n) is 5.58. The molecule has 1 aliphatic carbocycles. The highest BCUT2D eigenvalue weighted by molar-refractivity contribution is 6.25. The number of hydrogen-bond donors (Lipinski definition) is 1. The molecule has 0 saturated heterocycles. The zero-order valence-electron chi connectivity index (χ0n) is 16.4. The third-order valence-corrected chi connectivity index (χ3v) is 5.58. The molecule has 30 heavy (non-hydrogen) atoms. The summed E-state index contributed by atoms with van der Waals surface area (Å²) in [6.45, 7) is 0. The molecule has 1 heterocycles. The van der Waals surface area contributed by atoms with Crippen LogP contribution in [0, 0.1) is 0 Å². The summed E-state index contributed by atoms with van der Waals surface area (Å²) in [5, 5.41) is 3.21. The predicted molar refractivity (Wildman–Crippen MR) is 118 cm³/mol. The van der Waals surface area contributed by atoms with E-state index in [1.165, 1.54) is 0 Å². The van der Waals surface area contributed by atoms with Crippen molar-refractivity contribution in [3.05, 3.63) is 117 Å². The molecular weight excluding hydrogens is 374 g/mol. The van der Waals surface area contributed by atoms with Gasteiger partial charge in [0.05, 0.1) is 16.9 Å². The van der Waals surface area contributed by atoms with Crippen LogP contribution in [0.1, 0.15) is 33.9 Å². The summed E-state index contributed by atoms with van der Waals surface area (Å²) in [6.07, 6.45) is 1.67. The minimum atomic E-state index is -0.312. The minimum Gasteiger partial charge on any atom is -0.459 e. The molecular formula is C26H19NO3. The minimum absolute atomic E-state index is 0.137. The summed E-state index contributed by atoms with van der Waals surface area (Å²) in [5.41, 5.74) is 3.98. The Balaban J connectivity index is 1.95. The van der Waals surface area contributed by atoms with Gasteiger partial charge in [-0.2, -0.15) is 0 Å². The summed E-state index contributed by atoms with van der Waals surface area (Å²) in [7, 11) is 1.59. The average molecular weight is 393 g/mol. The van der Waals surface area contributed by atoms with Crippen LogP contribution < -0.4 is 10.7 Å². The van der Waals surface area contributed by atoms with E-state index in [1.807, 2.05) is 66.7 Å². The van der Waals surface area contributed by atoms with Gasteiger partial charge in [-0.05, 0) is 34.9 Å². The van der Waals surface area contributed by atoms with Gasteiger partial charge in [0.15, 0.2) is 5.43 Å². The zero-order valence-corrected chi connectivity index (χ0v) is 16.4. The molecule has 0 aliphatic heterocycles. The predicted octanol–water partition coefficient (Wildman–Crippen LogP) is 4.57. The Labute approximate surface area is 173 Å². The lowest BCUT2D eigenvalue weighted by molar-refractivity contribution is -0.115. The first-order chi connectivity index (χ1) is 14.7. The van der Waals surface area contributed by atoms with E-state index in [2.05, 4.69) is 5.32 Å². The normalized spacial score (nSPS) is 15.0. The summed E-state index contributed by atoms with van der Waals surface area (Å²) in [4.78, 5) is 26.3. The van der Waals surface area contributed by atoms with Crippen molar-refractivity contribution in [3.8, 4) is 0 Å². The fraction of sp³-hybridized carbons (Fsp3) is 0.0769. The van der Waals surface area contributed by atoms with Crippen LogP contribution in [0.25, 0.3) is 22.6 Å². The number of para-hydroxylation sites is 1. The zero-order chi connectivity index (χ0) is 20.7. The molecule has 0 radical (unpaired) electrons. The standard InChI is InChI=1S/C26H19NO3/c1-27-26(29)20-15-21-24(28)19-13-7-8-14-22(19)30-25(21)23(16-9-3-2-4-10-16)18-12-6-5-11-17(18)20/h2-15,23H,1H3,(H,27,29). The lowest BCUT2D eigenvalue weighted by Gasteiger charge is -2.20. The molecule has 1 N–H and O–H groups in total. The van der Waals surface area contributed by atoms with Crippen molar-refractivity contribution < 1.29 is 9.21 Å². The van der Waals surface area contributed by atoms with Crippen molar-refractivity contribution in [1.29, 1.82) is 0 Å². The molecule has 4 aromatic rings. The van der Waals surface area contributed by atoms with E-state index in [4.69, 9.17) is 4.42 Å². The monoisotopic (exact) mass is 393 g/mol. The number of hydrogen-bond acceptors (Lipinski definition) is 3. The highest BCUT2D eigenvalue weighted by Gasteiger charge is 2.31. The fourth-order valence-electron chi connectivity index (χ4n) is 4.18. The Morgan fingerprint density at radius 1 is 0.900 bits per heavy atom. The van der Waals surface area contributed by atoms with E-state index in [0.717, 1.165) is 16.7 Å². The molecule has 0 spiro atoms. The molecule has 0 saturated carbocycles. The van der Waals surface area contributed by atoms with Crippen molar-refractivity contribution in [1.82, 2.24) is 5.32 Å². The summed E-state index contributed by atoms with van der Waals surface area (Å²) in [6, 6.07) is 24.9. The lowest BCUT2D eigenvalue weighted by atomic mass is 9.85. The molecule has 0 bridgehead atoms. The van der Waals surface area contributed by atoms with Crippen molar-refractivity contribution in [2.45, 2.75) is 5.92 Å². The highest BCUT2D eigenvalue weighted by atomic mass is 16.3. The van der Waals surface area contributed by atoms with Crippen molar-refractivity contribution in [2.75, 3.05) is 7.05 Å². The van der Waals surface area contributed by atoms with Gasteiger partial charge < -0.3 is 9.73 Å². The molecule has 1 aromatic heterocycles. The van der Waals surface area contributed by atoms with Crippen LogP contribution in [-0.4, -0.2) is 13.0 Å². The third kappa shape index (κ3) is 2.77. The Bertz CT molecular complexity index is 1370. The average Bonchev–Trinajstić information content (AvgIpc) is 2.94. The Kier molecular flexibility index (Phi) is 4.32. The van der Waals surface area contributed by atoms with Gasteiger partial charge in [-0.3, -0.25) is 9.59 Å². The van der Waals surface area contributed by atoms with E-state index in [0.29, 0.717) is 27.9 Å². The van der Waals surface area contributed by atoms with Gasteiger partial charge in [0.1, 0.15) is 11.3 Å². The lowest BCUT2D eigenvalue weighted by Crippen LogP contribution is -2.20. The Hall–Kier alpha value is -3.92. The quantitative estimate of drug-likeness (QED) is 0.543. The van der Waals surface area contributed by atoms with Crippen LogP contribution in [0.3, 0.4) is 0 Å². The number of likely N-dealkylation sites (N-methyl/N-ethyl adjacent to an activating group) is 1. The number of carbonyl (C=O) groups is 1. The summed E-state index contributed by atoms with van der Waals surface area (Å²) < 4.78 is 6.35. The smallest absolute Gasteiger partial charge is 0.251 e. The maximum Gasteiger partial charge on any atom is 0.251 e. The van der Waals surface area contributed by atoms with Gasteiger partial charge in [0, 0.05) is 12.6 Å². The molecule has 1 aliphatic rings. The van der Waals surface area contributed by atoms with Crippen LogP contribution in [0.2, 0.25) is 0 Å². The number of rotatable bonds is 2. The second-order valence-electron chi connectivity index (χ2n) is 7.27. The van der Waals surface area contributed by atoms with Gasteiger partial charge in [-0.15, -0.1) is 0 Å². The molecule has 4 heteroatoms. The number of amides is 1. The largest absolute Gasteiger partial charge is 0.459 e. The van der Waals surface area contributed by atoms with Gasteiger partial charge in [-0.1, -0.05) is 66.7 Å². The van der Waals surface area contributed by atoms with E-state index in [9.17, 15) is 9.59 Å². The van der Waals surface area contributed by atoms with Gasteiger partial charge in [0.2, 0.25) is 0 Å². The van der Waals surface area contributed by atoms with Gasteiger partial charge >= 0.3 is 0 Å². The summed E-state index contributed by atoms with van der Waals surface area (Å²) in [5.74, 6) is -0.000893. The van der Waals surface area contributed by atoms with Crippen molar-refractivity contribution in [3.63, 3.8) is 0 Å². The van der Waals surface area contributed by atoms with Crippen LogP contribution in [-0.2, 0) is 4.79 Å². The van der Waals surface area contributed by atoms with Crippen LogP contribution >= 0.6 is 0 Å². The highest BCUT2D eigenvalue weighted by Crippen LogP contribution is 2.41. The van der Waals surface area contributed by atoms with E-state index < -0.39 is 0 Å². The first kappa shape index (κ1) is 18.1. The molecule has 1 amide bonds. The Morgan fingerprint density at radius 3 is 2.40 bits per heavy atom.